The molecule has 3 aliphatic rings. The van der Waals surface area contributed by atoms with Gasteiger partial charge in [-0.3, -0.25) is 25.2 Å². The van der Waals surface area contributed by atoms with Crippen LogP contribution in [0.2, 0.25) is 10.0 Å². The van der Waals surface area contributed by atoms with E-state index in [9.17, 15) is 14.7 Å². The van der Waals surface area contributed by atoms with E-state index in [1.54, 1.807) is 25.3 Å². The number of carbonyl (C=O) groups is 2. The number of fused-ring (bicyclic) bond motifs is 1. The molecular weight excluding hydrogens is 643 g/mol. The molecule has 0 radical (unpaired) electrons. The molecule has 2 aliphatic carbocycles. The Balaban J connectivity index is 1.19. The molecule has 1 saturated heterocycles. The highest BCUT2D eigenvalue weighted by Crippen LogP contribution is 2.45. The summed E-state index contributed by atoms with van der Waals surface area (Å²) in [5.41, 5.74) is 4.02. The summed E-state index contributed by atoms with van der Waals surface area (Å²) in [6.07, 6.45) is 2.35. The predicted octanol–water partition coefficient (Wildman–Crippen LogP) is 5.29. The maximum Gasteiger partial charge on any atom is 0.323 e. The van der Waals surface area contributed by atoms with Gasteiger partial charge >= 0.3 is 5.97 Å². The maximum absolute atomic E-state index is 12.9. The number of hydrogen-bond acceptors (Lipinski definition) is 7. The first-order valence-electron chi connectivity index (χ1n) is 15.4. The summed E-state index contributed by atoms with van der Waals surface area (Å²) >= 11 is 13.6. The molecule has 2 fully saturated rings. The fraction of sp³-hybridized carbons (Fsp3) is 0.353. The number of anilines is 1. The summed E-state index contributed by atoms with van der Waals surface area (Å²) in [4.78, 5) is 30.7. The largest absolute Gasteiger partial charge is 0.496 e. The molecule has 1 saturated carbocycles. The van der Waals surface area contributed by atoms with Crippen LogP contribution in [-0.4, -0.2) is 72.9 Å². The number of carboxylic acids is 1. The molecule has 11 nitrogen and oxygen atoms in total. The van der Waals surface area contributed by atoms with Gasteiger partial charge in [-0.2, -0.15) is 0 Å². The number of hydrogen-bond donors (Lipinski definition) is 5. The number of amidine groups is 2. The SMILES string of the molecule is COc1cc(OC2CCc3c(-c4cccc(NC(=O)C(=N)/N=C5/CN(C)CCN5)c4Cl)cccc32)c(Cl)cc1CNC1(C(=O)O)CC1. The number of benzene rings is 3. The van der Waals surface area contributed by atoms with E-state index >= 15 is 0 Å². The van der Waals surface area contributed by atoms with Gasteiger partial charge in [0.05, 0.1) is 29.4 Å². The molecule has 1 atom stereocenters. The van der Waals surface area contributed by atoms with Crippen LogP contribution in [0.3, 0.4) is 0 Å². The topological polar surface area (TPSA) is 148 Å². The molecule has 1 heterocycles. The zero-order valence-electron chi connectivity index (χ0n) is 26.1. The van der Waals surface area contributed by atoms with E-state index in [1.807, 2.05) is 37.4 Å². The highest BCUT2D eigenvalue weighted by atomic mass is 35.5. The second-order valence-corrected chi connectivity index (χ2v) is 12.8. The molecule has 1 aliphatic heterocycles. The molecule has 246 valence electrons. The fourth-order valence-electron chi connectivity index (χ4n) is 6.05. The van der Waals surface area contributed by atoms with Crippen LogP contribution in [0.5, 0.6) is 11.5 Å². The number of amides is 1. The zero-order valence-corrected chi connectivity index (χ0v) is 27.6. The van der Waals surface area contributed by atoms with Crippen LogP contribution in [-0.2, 0) is 22.6 Å². The number of aliphatic imine (C=N–C) groups is 1. The van der Waals surface area contributed by atoms with Crippen molar-refractivity contribution >= 4 is 52.4 Å². The number of likely N-dealkylation sites (N-methyl/N-ethyl adjacent to an activating group) is 1. The molecule has 6 rings (SSSR count). The van der Waals surface area contributed by atoms with Crippen molar-refractivity contribution in [1.82, 2.24) is 15.5 Å². The molecule has 1 unspecified atom stereocenters. The molecule has 13 heteroatoms. The molecule has 0 aromatic heterocycles. The third-order valence-electron chi connectivity index (χ3n) is 8.84. The Morgan fingerprint density at radius 3 is 2.64 bits per heavy atom. The van der Waals surface area contributed by atoms with E-state index in [2.05, 4.69) is 25.8 Å². The van der Waals surface area contributed by atoms with Gasteiger partial charge in [-0.15, -0.1) is 0 Å². The van der Waals surface area contributed by atoms with Crippen molar-refractivity contribution in [2.24, 2.45) is 4.99 Å². The van der Waals surface area contributed by atoms with Crippen molar-refractivity contribution in [2.45, 2.75) is 43.9 Å². The van der Waals surface area contributed by atoms with Gasteiger partial charge in [0.1, 0.15) is 29.0 Å². The standard InChI is InChI=1S/C34H36Cl2N6O5/c1-42-14-13-38-29(18-42)41-31(37)32(43)40-25-8-4-7-23(30(25)36)20-5-3-6-22-21(20)9-10-26(22)47-28-16-27(46-2)19(15-24(28)35)17-39-34(11-12-34)33(44)45/h3-8,15-16,26,39H,9-14,17-18H2,1-2H3,(H,40,43)(H,44,45)(H2,37,38,41). The summed E-state index contributed by atoms with van der Waals surface area (Å²) in [5.74, 6) is -0.314. The highest BCUT2D eigenvalue weighted by molar-refractivity contribution is 6.44. The Hall–Kier alpha value is -4.16. The number of nitrogens with zero attached hydrogens (tertiary/aromatic N) is 2. The maximum atomic E-state index is 12.9. The number of carbonyl (C=O) groups excluding carboxylic acids is 1. The minimum absolute atomic E-state index is 0.272. The van der Waals surface area contributed by atoms with Crippen molar-refractivity contribution in [1.29, 1.82) is 5.41 Å². The molecule has 1 amide bonds. The van der Waals surface area contributed by atoms with Gasteiger partial charge in [0.25, 0.3) is 5.91 Å². The number of piperazine rings is 1. The molecule has 0 bridgehead atoms. The van der Waals surface area contributed by atoms with Gasteiger partial charge in [0, 0.05) is 36.8 Å². The number of aliphatic carboxylic acids is 1. The Bertz CT molecular complexity index is 1780. The fourth-order valence-corrected chi connectivity index (χ4v) is 6.56. The normalized spacial score (nSPS) is 19.1. The second kappa shape index (κ2) is 13.5. The Morgan fingerprint density at radius 2 is 1.91 bits per heavy atom. The molecule has 3 aromatic carbocycles. The number of nitrogens with one attached hydrogen (secondary N) is 4. The molecule has 0 spiro atoms. The number of carboxylic acid groups (broad SMARTS) is 1. The zero-order chi connectivity index (χ0) is 33.3. The van der Waals surface area contributed by atoms with Crippen LogP contribution in [0, 0.1) is 5.41 Å². The average Bonchev–Trinajstić information content (AvgIpc) is 3.75. The van der Waals surface area contributed by atoms with Gasteiger partial charge in [0.2, 0.25) is 5.84 Å². The summed E-state index contributed by atoms with van der Waals surface area (Å²) in [6.45, 7) is 2.40. The van der Waals surface area contributed by atoms with Crippen molar-refractivity contribution in [3.05, 3.63) is 75.3 Å². The van der Waals surface area contributed by atoms with Crippen molar-refractivity contribution in [3.63, 3.8) is 0 Å². The average molecular weight is 680 g/mol. The van der Waals surface area contributed by atoms with Gasteiger partial charge in [0.15, 0.2) is 0 Å². The van der Waals surface area contributed by atoms with Gasteiger partial charge in [-0.1, -0.05) is 53.5 Å². The Kier molecular flexibility index (Phi) is 9.43. The minimum atomic E-state index is -0.881. The summed E-state index contributed by atoms with van der Waals surface area (Å²) in [7, 11) is 3.51. The summed E-state index contributed by atoms with van der Waals surface area (Å²) in [5, 5.41) is 27.5. The van der Waals surface area contributed by atoms with Crippen LogP contribution in [0.25, 0.3) is 11.1 Å². The van der Waals surface area contributed by atoms with E-state index in [0.717, 1.165) is 40.8 Å². The minimum Gasteiger partial charge on any atom is -0.496 e. The Labute approximate surface area is 282 Å². The quantitative estimate of drug-likeness (QED) is 0.151. The first-order chi connectivity index (χ1) is 22.6. The van der Waals surface area contributed by atoms with Gasteiger partial charge in [-0.05, 0) is 61.6 Å². The molecule has 3 aromatic rings. The molecule has 5 N–H and O–H groups in total. The summed E-state index contributed by atoms with van der Waals surface area (Å²) < 4.78 is 12.1. The summed E-state index contributed by atoms with van der Waals surface area (Å²) in [6, 6.07) is 14.9. The van der Waals surface area contributed by atoms with Gasteiger partial charge < -0.3 is 25.2 Å². The van der Waals surface area contributed by atoms with Crippen molar-refractivity contribution < 1.29 is 24.2 Å². The number of methoxy groups -OCH3 is 1. The predicted molar refractivity (Wildman–Crippen MR) is 182 cm³/mol. The Morgan fingerprint density at radius 1 is 1.15 bits per heavy atom. The molecule has 47 heavy (non-hydrogen) atoms. The lowest BCUT2D eigenvalue weighted by Crippen LogP contribution is -2.46. The number of rotatable bonds is 9. The smallest absolute Gasteiger partial charge is 0.323 e. The lowest BCUT2D eigenvalue weighted by Gasteiger charge is -2.24. The first kappa shape index (κ1) is 32.8. The van der Waals surface area contributed by atoms with E-state index in [1.165, 1.54) is 0 Å². The van der Waals surface area contributed by atoms with E-state index in [0.29, 0.717) is 72.0 Å². The van der Waals surface area contributed by atoms with E-state index in [-0.39, 0.29) is 6.10 Å². The highest BCUT2D eigenvalue weighted by Gasteiger charge is 2.50. The van der Waals surface area contributed by atoms with Crippen LogP contribution in [0.15, 0.2) is 53.5 Å². The first-order valence-corrected chi connectivity index (χ1v) is 16.2. The lowest BCUT2D eigenvalue weighted by molar-refractivity contribution is -0.140. The number of ether oxygens (including phenoxy) is 2. The van der Waals surface area contributed by atoms with E-state index in [4.69, 9.17) is 38.1 Å². The van der Waals surface area contributed by atoms with Crippen LogP contribution >= 0.6 is 23.2 Å². The van der Waals surface area contributed by atoms with Crippen molar-refractivity contribution in [2.75, 3.05) is 39.1 Å². The lowest BCUT2D eigenvalue weighted by atomic mass is 9.96. The van der Waals surface area contributed by atoms with Crippen molar-refractivity contribution in [3.8, 4) is 22.6 Å². The molecular formula is C34H36Cl2N6O5. The van der Waals surface area contributed by atoms with E-state index < -0.39 is 23.3 Å². The van der Waals surface area contributed by atoms with Crippen LogP contribution < -0.4 is 25.4 Å². The number of halogens is 2. The van der Waals surface area contributed by atoms with Gasteiger partial charge in [-0.25, -0.2) is 4.99 Å². The second-order valence-electron chi connectivity index (χ2n) is 12.0. The third-order valence-corrected chi connectivity index (χ3v) is 9.54. The monoisotopic (exact) mass is 678 g/mol. The third kappa shape index (κ3) is 6.94. The van der Waals surface area contributed by atoms with Crippen LogP contribution in [0.1, 0.15) is 42.1 Å². The van der Waals surface area contributed by atoms with Crippen LogP contribution in [0.4, 0.5) is 5.69 Å².